The van der Waals surface area contributed by atoms with Gasteiger partial charge in [-0.2, -0.15) is 34.0 Å². The number of halogens is 6. The van der Waals surface area contributed by atoms with E-state index < -0.39 is 10.8 Å². The number of fused-ring (bicyclic) bond motifs is 3. The maximum atomic E-state index is 11.3. The van der Waals surface area contributed by atoms with E-state index in [1.807, 2.05) is 0 Å². The van der Waals surface area contributed by atoms with Crippen molar-refractivity contribution < 1.29 is 17.6 Å². The van der Waals surface area contributed by atoms with E-state index in [2.05, 4.69) is 66.4 Å². The Labute approximate surface area is 196 Å². The zero-order valence-electron chi connectivity index (χ0n) is 17.2. The zero-order chi connectivity index (χ0) is 23.1. The highest BCUT2D eigenvalue weighted by molar-refractivity contribution is 7.08. The van der Waals surface area contributed by atoms with Crippen molar-refractivity contribution in [1.29, 1.82) is 0 Å². The summed E-state index contributed by atoms with van der Waals surface area (Å²) in [6.45, 7) is 3.15. The van der Waals surface area contributed by atoms with Gasteiger partial charge in [-0.05, 0) is 37.1 Å². The van der Waals surface area contributed by atoms with E-state index in [1.165, 1.54) is 48.2 Å². The van der Waals surface area contributed by atoms with Crippen LogP contribution in [-0.4, -0.2) is 35.3 Å². The van der Waals surface area contributed by atoms with Crippen molar-refractivity contribution in [1.82, 2.24) is 24.5 Å². The summed E-state index contributed by atoms with van der Waals surface area (Å²) in [5.74, 6) is 2.01. The SMILES string of the molecule is CCc1nn(C2CCCC2)c2c1CCn1c(-c3ccsc3)nnc1-2.FC(F)(F)C(F)(Cl)Cl. The average Bonchev–Trinajstić information content (AvgIpc) is 3.51. The number of nitrogens with zero attached hydrogens (tertiary/aromatic N) is 5. The molecule has 4 heterocycles. The minimum Gasteiger partial charge on any atom is -0.305 e. The molecule has 0 bridgehead atoms. The molecule has 12 heteroatoms. The number of rotatable bonds is 3. The van der Waals surface area contributed by atoms with E-state index in [1.54, 1.807) is 11.3 Å². The summed E-state index contributed by atoms with van der Waals surface area (Å²) in [4.78, 5) is 0. The van der Waals surface area contributed by atoms with Gasteiger partial charge in [0, 0.05) is 23.1 Å². The first-order chi connectivity index (χ1) is 15.1. The number of aryl methyl sites for hydroxylation is 1. The lowest BCUT2D eigenvalue weighted by Gasteiger charge is -2.20. The normalized spacial score (nSPS) is 16.5. The van der Waals surface area contributed by atoms with Crippen LogP contribution in [0.4, 0.5) is 17.6 Å². The fourth-order valence-corrected chi connectivity index (χ4v) is 4.87. The molecule has 5 nitrogen and oxygen atoms in total. The molecule has 32 heavy (non-hydrogen) atoms. The summed E-state index contributed by atoms with van der Waals surface area (Å²) in [6.07, 6.45) is 1.93. The van der Waals surface area contributed by atoms with Gasteiger partial charge in [0.2, 0.25) is 0 Å². The molecule has 0 aromatic carbocycles. The molecule has 0 amide bonds. The quantitative estimate of drug-likeness (QED) is 0.289. The minimum absolute atomic E-state index is 0.534. The Morgan fingerprint density at radius 1 is 1.12 bits per heavy atom. The average molecular weight is 510 g/mol. The van der Waals surface area contributed by atoms with Crippen LogP contribution in [0.3, 0.4) is 0 Å². The second-order valence-electron chi connectivity index (χ2n) is 7.77. The van der Waals surface area contributed by atoms with Crippen LogP contribution in [0.2, 0.25) is 0 Å². The molecule has 3 aromatic heterocycles. The smallest absolute Gasteiger partial charge is 0.305 e. The molecule has 174 valence electrons. The van der Waals surface area contributed by atoms with E-state index in [9.17, 15) is 17.6 Å². The molecular weight excluding hydrogens is 489 g/mol. The predicted octanol–water partition coefficient (Wildman–Crippen LogP) is 6.75. The topological polar surface area (TPSA) is 48.5 Å². The third-order valence-corrected chi connectivity index (χ3v) is 6.86. The second-order valence-corrected chi connectivity index (χ2v) is 9.78. The molecule has 0 unspecified atom stereocenters. The van der Waals surface area contributed by atoms with Crippen molar-refractivity contribution in [2.75, 3.05) is 0 Å². The molecular formula is C20H21Cl2F4N5S. The number of hydrogen-bond acceptors (Lipinski definition) is 4. The standard InChI is InChI=1S/C18H21N5S.C2Cl2F4/c1-2-15-14-7-9-22-17(12-8-10-24-11-12)19-20-18(22)16(14)23(21-15)13-5-3-4-6-13;3-1(4,5)2(6,7)8/h8,10-11,13H,2-7,9H2,1H3;. The van der Waals surface area contributed by atoms with Crippen LogP contribution < -0.4 is 0 Å². The molecule has 1 aliphatic carbocycles. The number of hydrogen-bond donors (Lipinski definition) is 0. The molecule has 1 fully saturated rings. The van der Waals surface area contributed by atoms with Crippen LogP contribution in [0, 0.1) is 0 Å². The van der Waals surface area contributed by atoms with E-state index >= 15 is 0 Å². The van der Waals surface area contributed by atoms with Gasteiger partial charge in [-0.15, -0.1) is 10.2 Å². The summed E-state index contributed by atoms with van der Waals surface area (Å²) < 4.78 is 44.5. The fraction of sp³-hybridized carbons (Fsp3) is 0.550. The summed E-state index contributed by atoms with van der Waals surface area (Å²) in [5.41, 5.74) is 5.06. The maximum absolute atomic E-state index is 11.3. The van der Waals surface area contributed by atoms with E-state index in [4.69, 9.17) is 5.10 Å². The summed E-state index contributed by atoms with van der Waals surface area (Å²) >= 11 is 9.67. The van der Waals surface area contributed by atoms with Gasteiger partial charge in [-0.3, -0.25) is 4.68 Å². The Kier molecular flexibility index (Phi) is 6.57. The lowest BCUT2D eigenvalue weighted by atomic mass is 10.0. The van der Waals surface area contributed by atoms with E-state index in [-0.39, 0.29) is 0 Å². The zero-order valence-corrected chi connectivity index (χ0v) is 19.5. The molecule has 1 aliphatic heterocycles. The van der Waals surface area contributed by atoms with Gasteiger partial charge in [0.15, 0.2) is 11.6 Å². The van der Waals surface area contributed by atoms with Gasteiger partial charge in [0.05, 0.1) is 11.7 Å². The molecule has 0 spiro atoms. The van der Waals surface area contributed by atoms with Gasteiger partial charge in [-0.25, -0.2) is 0 Å². The van der Waals surface area contributed by atoms with Crippen LogP contribution in [0.25, 0.3) is 22.9 Å². The monoisotopic (exact) mass is 509 g/mol. The van der Waals surface area contributed by atoms with Crippen LogP contribution in [0.15, 0.2) is 16.8 Å². The van der Waals surface area contributed by atoms with Gasteiger partial charge >= 0.3 is 10.8 Å². The highest BCUT2D eigenvalue weighted by Gasteiger charge is 2.53. The molecule has 3 aromatic rings. The van der Waals surface area contributed by atoms with Crippen molar-refractivity contribution in [3.63, 3.8) is 0 Å². The molecule has 0 N–H and O–H groups in total. The van der Waals surface area contributed by atoms with Crippen molar-refractivity contribution in [2.45, 2.75) is 68.8 Å². The Hall–Kier alpha value is -1.65. The Morgan fingerprint density at radius 3 is 2.34 bits per heavy atom. The fourth-order valence-electron chi connectivity index (χ4n) is 4.23. The number of alkyl halides is 6. The molecule has 0 radical (unpaired) electrons. The largest absolute Gasteiger partial charge is 0.452 e. The van der Waals surface area contributed by atoms with Crippen LogP contribution >= 0.6 is 34.5 Å². The van der Waals surface area contributed by atoms with Gasteiger partial charge in [-0.1, -0.05) is 43.0 Å². The first kappa shape index (κ1) is 23.5. The van der Waals surface area contributed by atoms with Crippen LogP contribution in [0.5, 0.6) is 0 Å². The Bertz CT molecular complexity index is 1050. The van der Waals surface area contributed by atoms with Gasteiger partial charge in [0.1, 0.15) is 5.69 Å². The third-order valence-electron chi connectivity index (χ3n) is 5.75. The van der Waals surface area contributed by atoms with Crippen molar-refractivity contribution in [3.8, 4) is 22.9 Å². The molecule has 5 rings (SSSR count). The first-order valence-electron chi connectivity index (χ1n) is 10.3. The summed E-state index contributed by atoms with van der Waals surface area (Å²) in [6, 6.07) is 2.66. The van der Waals surface area contributed by atoms with E-state index in [0.29, 0.717) is 6.04 Å². The second kappa shape index (κ2) is 8.95. The minimum atomic E-state index is -5.20. The van der Waals surface area contributed by atoms with Crippen LogP contribution in [0.1, 0.15) is 49.9 Å². The van der Waals surface area contributed by atoms with Gasteiger partial charge in [0.25, 0.3) is 0 Å². The molecule has 0 saturated heterocycles. The Balaban J connectivity index is 0.000000265. The molecule has 1 saturated carbocycles. The lowest BCUT2D eigenvalue weighted by molar-refractivity contribution is -0.170. The maximum Gasteiger partial charge on any atom is 0.452 e. The molecule has 0 atom stereocenters. The highest BCUT2D eigenvalue weighted by atomic mass is 35.5. The Morgan fingerprint density at radius 2 is 1.78 bits per heavy atom. The van der Waals surface area contributed by atoms with Crippen molar-refractivity contribution in [2.24, 2.45) is 0 Å². The number of aromatic nitrogens is 5. The van der Waals surface area contributed by atoms with E-state index in [0.717, 1.165) is 31.0 Å². The summed E-state index contributed by atoms with van der Waals surface area (Å²) in [5, 5.41) is 18.4. The van der Waals surface area contributed by atoms with Crippen LogP contribution in [-0.2, 0) is 19.4 Å². The first-order valence-corrected chi connectivity index (χ1v) is 12.0. The third kappa shape index (κ3) is 4.41. The number of thiophene rings is 1. The lowest BCUT2D eigenvalue weighted by Crippen LogP contribution is -2.28. The summed E-state index contributed by atoms with van der Waals surface area (Å²) in [7, 11) is 0. The van der Waals surface area contributed by atoms with Crippen molar-refractivity contribution in [3.05, 3.63) is 28.1 Å². The van der Waals surface area contributed by atoms with Gasteiger partial charge < -0.3 is 4.57 Å². The molecule has 2 aliphatic rings. The predicted molar refractivity (Wildman–Crippen MR) is 117 cm³/mol. The van der Waals surface area contributed by atoms with Crippen molar-refractivity contribution >= 4 is 34.5 Å². The highest BCUT2D eigenvalue weighted by Crippen LogP contribution is 2.41.